The van der Waals surface area contributed by atoms with Crippen molar-refractivity contribution < 1.29 is 4.79 Å². The van der Waals surface area contributed by atoms with Crippen LogP contribution in [0.1, 0.15) is 44.7 Å². The van der Waals surface area contributed by atoms with Gasteiger partial charge in [-0.1, -0.05) is 74.0 Å². The van der Waals surface area contributed by atoms with Crippen LogP contribution < -0.4 is 5.73 Å². The number of nitrogen functional groups attached to an aromatic ring is 1. The maximum atomic E-state index is 12.1. The van der Waals surface area contributed by atoms with E-state index >= 15 is 0 Å². The van der Waals surface area contributed by atoms with Gasteiger partial charge >= 0.3 is 0 Å². The average molecular weight is 363 g/mol. The van der Waals surface area contributed by atoms with E-state index < -0.39 is 0 Å². The predicted octanol–water partition coefficient (Wildman–Crippen LogP) is 5.38. The van der Waals surface area contributed by atoms with Gasteiger partial charge in [0.1, 0.15) is 11.6 Å². The molecule has 0 aliphatic heterocycles. The summed E-state index contributed by atoms with van der Waals surface area (Å²) < 4.78 is 0. The molecule has 0 aromatic heterocycles. The Kier molecular flexibility index (Phi) is 7.12. The first-order chi connectivity index (χ1) is 12.8. The molecule has 3 heteroatoms. The topological polar surface area (TPSA) is 66.9 Å². The summed E-state index contributed by atoms with van der Waals surface area (Å²) in [5.74, 6) is 0.566. The molecule has 0 aliphatic carbocycles. The van der Waals surface area contributed by atoms with Crippen molar-refractivity contribution in [3.63, 3.8) is 0 Å². The van der Waals surface area contributed by atoms with Crippen LogP contribution in [0.3, 0.4) is 0 Å². The third kappa shape index (κ3) is 5.40. The number of nitrogens with one attached hydrogen (secondary N) is 1. The Morgan fingerprint density at radius 1 is 1.00 bits per heavy atom. The minimum Gasteiger partial charge on any atom is -0.384 e. The maximum Gasteiger partial charge on any atom is 0.133 e. The van der Waals surface area contributed by atoms with Gasteiger partial charge in [-0.3, -0.25) is 10.2 Å². The fraction of sp³-hybridized carbons (Fsp3) is 0.333. The van der Waals surface area contributed by atoms with Gasteiger partial charge in [-0.15, -0.1) is 0 Å². The number of ketones is 1. The van der Waals surface area contributed by atoms with Gasteiger partial charge in [0.25, 0.3) is 0 Å². The Hall–Kier alpha value is -2.68. The van der Waals surface area contributed by atoms with Crippen LogP contribution in [0.15, 0.2) is 60.7 Å². The van der Waals surface area contributed by atoms with Crippen molar-refractivity contribution in [1.29, 1.82) is 5.41 Å². The van der Waals surface area contributed by atoms with Gasteiger partial charge in [0.2, 0.25) is 0 Å². The second-order valence-electron chi connectivity index (χ2n) is 7.35. The molecule has 2 rings (SSSR count). The monoisotopic (exact) mass is 362 g/mol. The van der Waals surface area contributed by atoms with E-state index in [4.69, 9.17) is 11.1 Å². The van der Waals surface area contributed by atoms with Crippen LogP contribution in [0, 0.1) is 17.2 Å². The van der Waals surface area contributed by atoms with Crippen LogP contribution in [-0.2, 0) is 11.2 Å². The third-order valence-electron chi connectivity index (χ3n) is 5.18. The summed E-state index contributed by atoms with van der Waals surface area (Å²) in [6.45, 7) is 10.00. The van der Waals surface area contributed by atoms with Crippen molar-refractivity contribution in [1.82, 2.24) is 0 Å². The van der Waals surface area contributed by atoms with E-state index in [1.165, 1.54) is 5.56 Å². The van der Waals surface area contributed by atoms with Crippen molar-refractivity contribution >= 4 is 11.6 Å². The Morgan fingerprint density at radius 2 is 1.52 bits per heavy atom. The first kappa shape index (κ1) is 20.6. The molecule has 0 saturated heterocycles. The first-order valence-corrected chi connectivity index (χ1v) is 9.53. The quantitative estimate of drug-likeness (QED) is 0.357. The van der Waals surface area contributed by atoms with Crippen molar-refractivity contribution in [3.8, 4) is 11.1 Å². The summed E-state index contributed by atoms with van der Waals surface area (Å²) in [4.78, 5) is 12.1. The molecule has 0 aliphatic rings. The summed E-state index contributed by atoms with van der Waals surface area (Å²) in [7, 11) is 0. The summed E-state index contributed by atoms with van der Waals surface area (Å²) in [6, 6.07) is 16.2. The van der Waals surface area contributed by atoms with Crippen LogP contribution in [0.5, 0.6) is 0 Å². The highest BCUT2D eigenvalue weighted by Gasteiger charge is 2.25. The molecule has 0 radical (unpaired) electrons. The number of hydrogen-bond donors (Lipinski definition) is 2. The Morgan fingerprint density at radius 3 is 1.93 bits per heavy atom. The Bertz CT molecular complexity index is 803. The van der Waals surface area contributed by atoms with Crippen molar-refractivity contribution in [3.05, 3.63) is 71.8 Å². The molecule has 2 unspecified atom stereocenters. The van der Waals surface area contributed by atoms with E-state index in [-0.39, 0.29) is 23.5 Å². The molecule has 0 fully saturated rings. The summed E-state index contributed by atoms with van der Waals surface area (Å²) in [5, 5.41) is 7.48. The van der Waals surface area contributed by atoms with Crippen molar-refractivity contribution in [2.45, 2.75) is 40.0 Å². The molecule has 3 nitrogen and oxygen atoms in total. The fourth-order valence-electron chi connectivity index (χ4n) is 3.59. The number of hydrogen-bond acceptors (Lipinski definition) is 2. The Labute approximate surface area is 162 Å². The van der Waals surface area contributed by atoms with Gasteiger partial charge in [-0.25, -0.2) is 0 Å². The van der Waals surface area contributed by atoms with Gasteiger partial charge in [0.05, 0.1) is 0 Å². The van der Waals surface area contributed by atoms with E-state index in [0.717, 1.165) is 41.5 Å². The number of carbonyl (C=O) groups is 1. The van der Waals surface area contributed by atoms with Crippen molar-refractivity contribution in [2.24, 2.45) is 17.6 Å². The smallest absolute Gasteiger partial charge is 0.133 e. The lowest BCUT2D eigenvalue weighted by Gasteiger charge is -2.25. The molecular formula is C24H30N2O. The lowest BCUT2D eigenvalue weighted by Crippen LogP contribution is -2.24. The zero-order valence-corrected chi connectivity index (χ0v) is 16.6. The van der Waals surface area contributed by atoms with Crippen molar-refractivity contribution in [2.75, 3.05) is 0 Å². The molecule has 142 valence electrons. The molecule has 0 saturated carbocycles. The predicted molar refractivity (Wildman–Crippen MR) is 114 cm³/mol. The van der Waals surface area contributed by atoms with E-state index in [9.17, 15) is 4.79 Å². The fourth-order valence-corrected chi connectivity index (χ4v) is 3.59. The molecule has 0 heterocycles. The second kappa shape index (κ2) is 9.31. The van der Waals surface area contributed by atoms with Gasteiger partial charge in [0, 0.05) is 11.5 Å². The second-order valence-corrected chi connectivity index (χ2v) is 7.35. The number of benzene rings is 2. The molecule has 0 amide bonds. The molecular weight excluding hydrogens is 332 g/mol. The minimum atomic E-state index is 0.0475. The average Bonchev–Trinajstić information content (AvgIpc) is 2.64. The standard InChI is InChI=1S/C24H30N2O/c1-5-6-22(17(4)27)23(16(2)3)15-18-7-9-19(10-8-18)20-11-13-21(14-12-20)24(25)26/h7-14,22-23H,2,5-6,15H2,1,3-4H3,(H3,25,26). The van der Waals surface area contributed by atoms with Gasteiger partial charge in [-0.05, 0) is 49.3 Å². The molecule has 2 aromatic rings. The number of Topliss-reactive ketones (excluding diaryl/α,β-unsaturated/α-hetero) is 1. The Balaban J connectivity index is 2.18. The molecule has 2 atom stereocenters. The number of amidine groups is 1. The number of rotatable bonds is 9. The highest BCUT2D eigenvalue weighted by molar-refractivity contribution is 5.95. The van der Waals surface area contributed by atoms with E-state index in [1.54, 1.807) is 6.92 Å². The maximum absolute atomic E-state index is 12.1. The molecule has 0 bridgehead atoms. The molecule has 3 N–H and O–H groups in total. The minimum absolute atomic E-state index is 0.0475. The number of allylic oxidation sites excluding steroid dienone is 1. The molecule has 27 heavy (non-hydrogen) atoms. The largest absolute Gasteiger partial charge is 0.384 e. The van der Waals surface area contributed by atoms with Crippen LogP contribution in [0.25, 0.3) is 11.1 Å². The molecule has 0 spiro atoms. The van der Waals surface area contributed by atoms with E-state index in [1.807, 2.05) is 31.2 Å². The first-order valence-electron chi connectivity index (χ1n) is 9.53. The lowest BCUT2D eigenvalue weighted by atomic mass is 9.78. The van der Waals surface area contributed by atoms with Crippen LogP contribution in [0.4, 0.5) is 0 Å². The van der Waals surface area contributed by atoms with Gasteiger partial charge in [0.15, 0.2) is 0 Å². The van der Waals surface area contributed by atoms with Gasteiger partial charge in [-0.2, -0.15) is 0 Å². The number of carbonyl (C=O) groups excluding carboxylic acids is 1. The van der Waals surface area contributed by atoms with E-state index in [2.05, 4.69) is 37.8 Å². The number of nitrogens with two attached hydrogens (primary N) is 1. The summed E-state index contributed by atoms with van der Waals surface area (Å²) in [5.41, 5.74) is 10.7. The molecule has 2 aromatic carbocycles. The third-order valence-corrected chi connectivity index (χ3v) is 5.18. The lowest BCUT2D eigenvalue weighted by molar-refractivity contribution is -0.122. The SMILES string of the molecule is C=C(C)C(Cc1ccc(-c2ccc(C(=N)N)cc2)cc1)C(CCC)C(C)=O. The summed E-state index contributed by atoms with van der Waals surface area (Å²) >= 11 is 0. The normalized spacial score (nSPS) is 13.0. The zero-order valence-electron chi connectivity index (χ0n) is 16.6. The van der Waals surface area contributed by atoms with Gasteiger partial charge < -0.3 is 5.73 Å². The highest BCUT2D eigenvalue weighted by Crippen LogP contribution is 2.29. The van der Waals surface area contributed by atoms with Crippen LogP contribution in [-0.4, -0.2) is 11.6 Å². The van der Waals surface area contributed by atoms with E-state index in [0.29, 0.717) is 0 Å². The summed E-state index contributed by atoms with van der Waals surface area (Å²) in [6.07, 6.45) is 2.75. The van der Waals surface area contributed by atoms with Crippen LogP contribution in [0.2, 0.25) is 0 Å². The highest BCUT2D eigenvalue weighted by atomic mass is 16.1. The van der Waals surface area contributed by atoms with Crippen LogP contribution >= 0.6 is 0 Å². The zero-order chi connectivity index (χ0) is 20.0.